The van der Waals surface area contributed by atoms with Crippen LogP contribution in [0.4, 0.5) is 5.13 Å². The molecule has 0 bridgehead atoms. The molecule has 3 rings (SSSR count). The first kappa shape index (κ1) is 16.7. The van der Waals surface area contributed by atoms with Gasteiger partial charge in [-0.15, -0.1) is 22.7 Å². The number of nitrogens with zero attached hydrogens (tertiary/aromatic N) is 1. The molecule has 0 unspecified atom stereocenters. The second-order valence-corrected chi connectivity index (χ2v) is 7.42. The third-order valence-electron chi connectivity index (χ3n) is 3.31. The molecule has 1 amide bonds. The fraction of sp³-hybridized carbons (Fsp3) is 0.222. The van der Waals surface area contributed by atoms with Crippen molar-refractivity contribution in [1.29, 1.82) is 0 Å². The molecule has 0 radical (unpaired) electrons. The number of hydrogen-bond donors (Lipinski definition) is 1. The molecule has 124 valence electrons. The van der Waals surface area contributed by atoms with E-state index in [1.807, 2.05) is 48.7 Å². The normalized spacial score (nSPS) is 10.6. The highest BCUT2D eigenvalue weighted by atomic mass is 32.1. The lowest BCUT2D eigenvalue weighted by molar-refractivity contribution is 0.103. The van der Waals surface area contributed by atoms with Crippen LogP contribution in [0.5, 0.6) is 5.75 Å². The van der Waals surface area contributed by atoms with Crippen molar-refractivity contribution in [1.82, 2.24) is 4.98 Å². The predicted molar refractivity (Wildman–Crippen MR) is 100 cm³/mol. The third-order valence-corrected chi connectivity index (χ3v) is 5.07. The predicted octanol–water partition coefficient (Wildman–Crippen LogP) is 5.22. The quantitative estimate of drug-likeness (QED) is 0.657. The molecule has 2 heterocycles. The molecular formula is C18H18N2O2S2. The van der Waals surface area contributed by atoms with Crippen LogP contribution in [0, 0.1) is 6.92 Å². The van der Waals surface area contributed by atoms with Gasteiger partial charge in [-0.05, 0) is 49.7 Å². The molecule has 6 heteroatoms. The fourth-order valence-corrected chi connectivity index (χ4v) is 3.60. The molecule has 0 aliphatic rings. The number of aryl methyl sites for hydroxylation is 1. The zero-order valence-electron chi connectivity index (χ0n) is 13.5. The van der Waals surface area contributed by atoms with Gasteiger partial charge in [0.2, 0.25) is 0 Å². The molecule has 3 aromatic rings. The Hall–Kier alpha value is -2.18. The molecule has 0 saturated carbocycles. The molecule has 0 saturated heterocycles. The summed E-state index contributed by atoms with van der Waals surface area (Å²) < 4.78 is 5.58. The van der Waals surface area contributed by atoms with Crippen molar-refractivity contribution in [2.75, 3.05) is 11.9 Å². The minimum atomic E-state index is -0.114. The Morgan fingerprint density at radius 2 is 2.00 bits per heavy atom. The van der Waals surface area contributed by atoms with Crippen molar-refractivity contribution in [2.45, 2.75) is 20.3 Å². The second-order valence-electron chi connectivity index (χ2n) is 5.28. The Kier molecular flexibility index (Phi) is 5.27. The first-order valence-electron chi connectivity index (χ1n) is 7.72. The van der Waals surface area contributed by atoms with E-state index in [9.17, 15) is 4.79 Å². The van der Waals surface area contributed by atoms with Gasteiger partial charge in [-0.3, -0.25) is 10.1 Å². The molecule has 2 aromatic heterocycles. The van der Waals surface area contributed by atoms with Gasteiger partial charge in [0.15, 0.2) is 5.13 Å². The SMILES string of the molecule is CCCOc1ccc(-c2csc(NC(=O)c3ccc(C)s3)n2)cc1. The van der Waals surface area contributed by atoms with Crippen LogP contribution in [-0.4, -0.2) is 17.5 Å². The van der Waals surface area contributed by atoms with E-state index < -0.39 is 0 Å². The van der Waals surface area contributed by atoms with Crippen LogP contribution in [0.1, 0.15) is 27.9 Å². The summed E-state index contributed by atoms with van der Waals surface area (Å²) in [5.41, 5.74) is 1.85. The summed E-state index contributed by atoms with van der Waals surface area (Å²) in [5.74, 6) is 0.745. The van der Waals surface area contributed by atoms with Crippen molar-refractivity contribution in [3.8, 4) is 17.0 Å². The van der Waals surface area contributed by atoms with E-state index in [0.717, 1.165) is 28.3 Å². The molecule has 0 aliphatic carbocycles. The average Bonchev–Trinajstić information content (AvgIpc) is 3.22. The summed E-state index contributed by atoms with van der Waals surface area (Å²) in [7, 11) is 0. The molecule has 0 atom stereocenters. The lowest BCUT2D eigenvalue weighted by Gasteiger charge is -2.04. The topological polar surface area (TPSA) is 51.2 Å². The Bertz CT molecular complexity index is 822. The lowest BCUT2D eigenvalue weighted by atomic mass is 10.2. The monoisotopic (exact) mass is 358 g/mol. The van der Waals surface area contributed by atoms with E-state index in [1.165, 1.54) is 22.7 Å². The Morgan fingerprint density at radius 1 is 1.21 bits per heavy atom. The van der Waals surface area contributed by atoms with Crippen LogP contribution < -0.4 is 10.1 Å². The standard InChI is InChI=1S/C18H18N2O2S2/c1-3-10-22-14-7-5-13(6-8-14)15-11-23-18(19-15)20-17(21)16-9-4-12(2)24-16/h4-9,11H,3,10H2,1-2H3,(H,19,20,21). The largest absolute Gasteiger partial charge is 0.494 e. The van der Waals surface area contributed by atoms with E-state index in [4.69, 9.17) is 4.74 Å². The smallest absolute Gasteiger partial charge is 0.267 e. The van der Waals surface area contributed by atoms with Crippen LogP contribution >= 0.6 is 22.7 Å². The number of anilines is 1. The number of aromatic nitrogens is 1. The van der Waals surface area contributed by atoms with Gasteiger partial charge in [0.25, 0.3) is 5.91 Å². The summed E-state index contributed by atoms with van der Waals surface area (Å²) in [6.45, 7) is 4.78. The first-order chi connectivity index (χ1) is 11.7. The molecule has 0 spiro atoms. The van der Waals surface area contributed by atoms with Gasteiger partial charge < -0.3 is 4.74 Å². The van der Waals surface area contributed by atoms with Gasteiger partial charge in [-0.2, -0.15) is 0 Å². The van der Waals surface area contributed by atoms with E-state index >= 15 is 0 Å². The zero-order chi connectivity index (χ0) is 16.9. The van der Waals surface area contributed by atoms with Crippen LogP contribution in [0.3, 0.4) is 0 Å². The maximum Gasteiger partial charge on any atom is 0.267 e. The minimum absolute atomic E-state index is 0.114. The molecule has 4 nitrogen and oxygen atoms in total. The van der Waals surface area contributed by atoms with Crippen LogP contribution in [-0.2, 0) is 0 Å². The number of nitrogens with one attached hydrogen (secondary N) is 1. The number of ether oxygens (including phenoxy) is 1. The summed E-state index contributed by atoms with van der Waals surface area (Å²) in [6, 6.07) is 11.6. The number of thiophene rings is 1. The number of carbonyl (C=O) groups excluding carboxylic acids is 1. The summed E-state index contributed by atoms with van der Waals surface area (Å²) in [4.78, 5) is 18.5. The maximum absolute atomic E-state index is 12.2. The Balaban J connectivity index is 1.67. The van der Waals surface area contributed by atoms with Crippen molar-refractivity contribution >= 4 is 33.7 Å². The van der Waals surface area contributed by atoms with E-state index in [0.29, 0.717) is 16.6 Å². The maximum atomic E-state index is 12.2. The van der Waals surface area contributed by atoms with E-state index in [-0.39, 0.29) is 5.91 Å². The van der Waals surface area contributed by atoms with Crippen molar-refractivity contribution in [3.05, 3.63) is 51.5 Å². The van der Waals surface area contributed by atoms with Crippen LogP contribution in [0.15, 0.2) is 41.8 Å². The summed E-state index contributed by atoms with van der Waals surface area (Å²) in [6.07, 6.45) is 0.987. The fourth-order valence-electron chi connectivity index (χ4n) is 2.12. The van der Waals surface area contributed by atoms with Crippen molar-refractivity contribution < 1.29 is 9.53 Å². The molecule has 24 heavy (non-hydrogen) atoms. The van der Waals surface area contributed by atoms with Gasteiger partial charge in [0.05, 0.1) is 17.2 Å². The van der Waals surface area contributed by atoms with Crippen molar-refractivity contribution in [2.24, 2.45) is 0 Å². The Morgan fingerprint density at radius 3 is 2.67 bits per heavy atom. The van der Waals surface area contributed by atoms with Gasteiger partial charge in [-0.1, -0.05) is 6.92 Å². The molecule has 1 aromatic carbocycles. The minimum Gasteiger partial charge on any atom is -0.494 e. The first-order valence-corrected chi connectivity index (χ1v) is 9.42. The summed E-state index contributed by atoms with van der Waals surface area (Å²) >= 11 is 2.90. The summed E-state index contributed by atoms with van der Waals surface area (Å²) in [5, 5.41) is 5.40. The number of benzene rings is 1. The van der Waals surface area contributed by atoms with Gasteiger partial charge in [0, 0.05) is 15.8 Å². The number of hydrogen-bond acceptors (Lipinski definition) is 5. The third kappa shape index (κ3) is 4.01. The van der Waals surface area contributed by atoms with E-state index in [1.54, 1.807) is 0 Å². The van der Waals surface area contributed by atoms with Gasteiger partial charge in [0.1, 0.15) is 5.75 Å². The zero-order valence-corrected chi connectivity index (χ0v) is 15.2. The van der Waals surface area contributed by atoms with E-state index in [2.05, 4.69) is 17.2 Å². The molecule has 1 N–H and O–H groups in total. The molecule has 0 fully saturated rings. The number of thiazole rings is 1. The number of amides is 1. The molecule has 0 aliphatic heterocycles. The highest BCUT2D eigenvalue weighted by Gasteiger charge is 2.11. The van der Waals surface area contributed by atoms with Gasteiger partial charge >= 0.3 is 0 Å². The average molecular weight is 358 g/mol. The number of carbonyl (C=O) groups is 1. The van der Waals surface area contributed by atoms with Crippen molar-refractivity contribution in [3.63, 3.8) is 0 Å². The second kappa shape index (κ2) is 7.59. The Labute approximate surface area is 149 Å². The lowest BCUT2D eigenvalue weighted by Crippen LogP contribution is -2.09. The number of rotatable bonds is 6. The van der Waals surface area contributed by atoms with Gasteiger partial charge in [-0.25, -0.2) is 4.98 Å². The highest BCUT2D eigenvalue weighted by Crippen LogP contribution is 2.27. The highest BCUT2D eigenvalue weighted by molar-refractivity contribution is 7.15. The van der Waals surface area contributed by atoms with Crippen LogP contribution in [0.2, 0.25) is 0 Å². The molecular weight excluding hydrogens is 340 g/mol. The van der Waals surface area contributed by atoms with Crippen LogP contribution in [0.25, 0.3) is 11.3 Å².